The van der Waals surface area contributed by atoms with E-state index in [-0.39, 0.29) is 32.2 Å². The van der Waals surface area contributed by atoms with E-state index >= 15 is 0 Å². The Bertz CT molecular complexity index is 406. The molecule has 2 fully saturated rings. The number of fused-ring (bicyclic) bond motifs is 1. The standard InChI is InChI=1S/C13H22N2O5/c1-12(2,3)20-11(18)14-6-10(17)15-4-5-19-9-13(15,7-14)8-16/h16H,4-9H2,1-3H3. The summed E-state index contributed by atoms with van der Waals surface area (Å²) in [5.74, 6) is -0.181. The van der Waals surface area contributed by atoms with Crippen molar-refractivity contribution in [3.63, 3.8) is 0 Å². The maximum Gasteiger partial charge on any atom is 0.410 e. The Hall–Kier alpha value is -1.34. The number of nitrogens with zero attached hydrogens (tertiary/aromatic N) is 2. The lowest BCUT2D eigenvalue weighted by Gasteiger charge is -2.51. The fourth-order valence-corrected chi connectivity index (χ4v) is 2.55. The number of hydrogen-bond donors (Lipinski definition) is 1. The lowest BCUT2D eigenvalue weighted by molar-refractivity contribution is -0.167. The highest BCUT2D eigenvalue weighted by molar-refractivity contribution is 5.84. The normalized spacial score (nSPS) is 27.3. The van der Waals surface area contributed by atoms with Crippen molar-refractivity contribution < 1.29 is 24.2 Å². The fourth-order valence-electron chi connectivity index (χ4n) is 2.55. The van der Waals surface area contributed by atoms with E-state index in [1.54, 1.807) is 25.7 Å². The number of aliphatic hydroxyl groups is 1. The van der Waals surface area contributed by atoms with Crippen molar-refractivity contribution in [3.05, 3.63) is 0 Å². The van der Waals surface area contributed by atoms with E-state index in [4.69, 9.17) is 9.47 Å². The van der Waals surface area contributed by atoms with Crippen molar-refractivity contribution in [2.24, 2.45) is 0 Å². The van der Waals surface area contributed by atoms with E-state index in [1.165, 1.54) is 4.90 Å². The van der Waals surface area contributed by atoms with Crippen LogP contribution in [0.25, 0.3) is 0 Å². The number of carbonyl (C=O) groups excluding carboxylic acids is 2. The van der Waals surface area contributed by atoms with Crippen molar-refractivity contribution in [3.8, 4) is 0 Å². The van der Waals surface area contributed by atoms with Crippen LogP contribution in [0.4, 0.5) is 4.79 Å². The van der Waals surface area contributed by atoms with E-state index in [1.807, 2.05) is 0 Å². The molecule has 0 spiro atoms. The molecule has 0 aromatic heterocycles. The van der Waals surface area contributed by atoms with E-state index in [0.717, 1.165) is 0 Å². The number of aliphatic hydroxyl groups excluding tert-OH is 1. The molecule has 2 saturated heterocycles. The van der Waals surface area contributed by atoms with Gasteiger partial charge in [0.15, 0.2) is 0 Å². The predicted octanol–water partition coefficient (Wildman–Crippen LogP) is -0.173. The average Bonchev–Trinajstić information content (AvgIpc) is 2.36. The molecule has 2 heterocycles. The van der Waals surface area contributed by atoms with Crippen LogP contribution < -0.4 is 0 Å². The lowest BCUT2D eigenvalue weighted by atomic mass is 9.94. The van der Waals surface area contributed by atoms with Crippen molar-refractivity contribution in [1.82, 2.24) is 9.80 Å². The van der Waals surface area contributed by atoms with Crippen LogP contribution in [0.3, 0.4) is 0 Å². The van der Waals surface area contributed by atoms with Crippen LogP contribution in [0.5, 0.6) is 0 Å². The van der Waals surface area contributed by atoms with Crippen molar-refractivity contribution in [2.45, 2.75) is 31.9 Å². The molecular formula is C13H22N2O5. The van der Waals surface area contributed by atoms with Gasteiger partial charge in [0.1, 0.15) is 17.7 Å². The first kappa shape index (κ1) is 15.1. The number of hydrogen-bond acceptors (Lipinski definition) is 5. The maximum atomic E-state index is 12.2. The Balaban J connectivity index is 2.15. The summed E-state index contributed by atoms with van der Waals surface area (Å²) in [4.78, 5) is 27.2. The van der Waals surface area contributed by atoms with Crippen LogP contribution in [-0.4, -0.2) is 77.5 Å². The molecule has 0 aliphatic carbocycles. The molecule has 7 heteroatoms. The van der Waals surface area contributed by atoms with Crippen molar-refractivity contribution in [1.29, 1.82) is 0 Å². The molecule has 1 unspecified atom stereocenters. The van der Waals surface area contributed by atoms with Gasteiger partial charge in [0.25, 0.3) is 0 Å². The summed E-state index contributed by atoms with van der Waals surface area (Å²) in [6.45, 7) is 6.42. The lowest BCUT2D eigenvalue weighted by Crippen LogP contribution is -2.71. The van der Waals surface area contributed by atoms with Gasteiger partial charge >= 0.3 is 6.09 Å². The third-order valence-corrected chi connectivity index (χ3v) is 3.46. The van der Waals surface area contributed by atoms with Gasteiger partial charge in [-0.1, -0.05) is 0 Å². The van der Waals surface area contributed by atoms with Gasteiger partial charge in [-0.2, -0.15) is 0 Å². The third kappa shape index (κ3) is 2.88. The molecule has 0 aromatic rings. The first-order chi connectivity index (χ1) is 9.27. The van der Waals surface area contributed by atoms with Crippen LogP contribution in [-0.2, 0) is 14.3 Å². The summed E-state index contributed by atoms with van der Waals surface area (Å²) in [6, 6.07) is 0. The molecule has 2 aliphatic heterocycles. The van der Waals surface area contributed by atoms with Gasteiger partial charge in [0.05, 0.1) is 26.4 Å². The summed E-state index contributed by atoms with van der Waals surface area (Å²) < 4.78 is 10.7. The summed E-state index contributed by atoms with van der Waals surface area (Å²) in [6.07, 6.45) is -0.538. The van der Waals surface area contributed by atoms with E-state index in [2.05, 4.69) is 0 Å². The summed E-state index contributed by atoms with van der Waals surface area (Å²) in [5, 5.41) is 9.67. The minimum Gasteiger partial charge on any atom is -0.444 e. The molecule has 0 saturated carbocycles. The minimum absolute atomic E-state index is 0.0172. The van der Waals surface area contributed by atoms with Crippen LogP contribution in [0.2, 0.25) is 0 Å². The largest absolute Gasteiger partial charge is 0.444 e. The van der Waals surface area contributed by atoms with Crippen LogP contribution in [0.15, 0.2) is 0 Å². The monoisotopic (exact) mass is 286 g/mol. The quantitative estimate of drug-likeness (QED) is 0.724. The molecular weight excluding hydrogens is 264 g/mol. The topological polar surface area (TPSA) is 79.3 Å². The smallest absolute Gasteiger partial charge is 0.410 e. The highest BCUT2D eigenvalue weighted by Crippen LogP contribution is 2.26. The van der Waals surface area contributed by atoms with Gasteiger partial charge < -0.3 is 19.5 Å². The zero-order valence-corrected chi connectivity index (χ0v) is 12.2. The predicted molar refractivity (Wildman–Crippen MR) is 70.2 cm³/mol. The van der Waals surface area contributed by atoms with Crippen LogP contribution >= 0.6 is 0 Å². The van der Waals surface area contributed by atoms with Gasteiger partial charge in [0, 0.05) is 6.54 Å². The molecule has 2 aliphatic rings. The number of piperazine rings is 1. The zero-order valence-electron chi connectivity index (χ0n) is 12.2. The molecule has 0 aromatic carbocycles. The summed E-state index contributed by atoms with van der Waals surface area (Å²) in [5.41, 5.74) is -1.46. The number of rotatable bonds is 1. The summed E-state index contributed by atoms with van der Waals surface area (Å²) in [7, 11) is 0. The van der Waals surface area contributed by atoms with Gasteiger partial charge in [-0.25, -0.2) is 4.79 Å². The van der Waals surface area contributed by atoms with E-state index < -0.39 is 17.2 Å². The number of morpholine rings is 1. The van der Waals surface area contributed by atoms with Crippen LogP contribution in [0, 0.1) is 0 Å². The van der Waals surface area contributed by atoms with Crippen molar-refractivity contribution >= 4 is 12.0 Å². The number of ether oxygens (including phenoxy) is 2. The molecule has 1 N–H and O–H groups in total. The third-order valence-electron chi connectivity index (χ3n) is 3.46. The van der Waals surface area contributed by atoms with Crippen LogP contribution in [0.1, 0.15) is 20.8 Å². The van der Waals surface area contributed by atoms with E-state index in [0.29, 0.717) is 13.2 Å². The van der Waals surface area contributed by atoms with Gasteiger partial charge in [-0.05, 0) is 20.8 Å². The average molecular weight is 286 g/mol. The molecule has 114 valence electrons. The first-order valence-electron chi connectivity index (χ1n) is 6.74. The Morgan fingerprint density at radius 1 is 1.50 bits per heavy atom. The maximum absolute atomic E-state index is 12.2. The Morgan fingerprint density at radius 2 is 2.20 bits per heavy atom. The minimum atomic E-state index is -0.843. The second kappa shape index (κ2) is 5.21. The highest BCUT2D eigenvalue weighted by Gasteiger charge is 2.48. The number of carbonyl (C=O) groups is 2. The van der Waals surface area contributed by atoms with Crippen molar-refractivity contribution in [2.75, 3.05) is 39.5 Å². The highest BCUT2D eigenvalue weighted by atomic mass is 16.6. The van der Waals surface area contributed by atoms with Gasteiger partial charge in [0.2, 0.25) is 5.91 Å². The summed E-state index contributed by atoms with van der Waals surface area (Å²) >= 11 is 0. The molecule has 20 heavy (non-hydrogen) atoms. The second-order valence-electron chi connectivity index (χ2n) is 6.32. The molecule has 2 amide bonds. The SMILES string of the molecule is CC(C)(C)OC(=O)N1CC(=O)N2CCOCC2(CO)C1. The van der Waals surface area contributed by atoms with E-state index in [9.17, 15) is 14.7 Å². The molecule has 2 rings (SSSR count). The number of amides is 2. The molecule has 0 radical (unpaired) electrons. The Labute approximate surface area is 118 Å². The Kier molecular flexibility index (Phi) is 3.93. The first-order valence-corrected chi connectivity index (χ1v) is 6.74. The zero-order chi connectivity index (χ0) is 15.0. The van der Waals surface area contributed by atoms with Gasteiger partial charge in [-0.15, -0.1) is 0 Å². The second-order valence-corrected chi connectivity index (χ2v) is 6.32. The van der Waals surface area contributed by atoms with Gasteiger partial charge in [-0.3, -0.25) is 9.69 Å². The molecule has 1 atom stereocenters. The molecule has 7 nitrogen and oxygen atoms in total. The molecule has 0 bridgehead atoms. The Morgan fingerprint density at radius 3 is 2.80 bits per heavy atom. The fraction of sp³-hybridized carbons (Fsp3) is 0.846.